The molecule has 0 aromatic heterocycles. The topological polar surface area (TPSA) is 55.4 Å². The van der Waals surface area contributed by atoms with Gasteiger partial charge in [-0.1, -0.05) is 12.5 Å². The Kier molecular flexibility index (Phi) is 5.05. The van der Waals surface area contributed by atoms with Crippen molar-refractivity contribution in [3.8, 4) is 0 Å². The van der Waals surface area contributed by atoms with Gasteiger partial charge in [0.15, 0.2) is 6.61 Å². The summed E-state index contributed by atoms with van der Waals surface area (Å²) < 4.78 is 5.96. The highest BCUT2D eigenvalue weighted by Gasteiger charge is 2.40. The van der Waals surface area contributed by atoms with E-state index >= 15 is 0 Å². The predicted molar refractivity (Wildman–Crippen MR) is 92.0 cm³/mol. The largest absolute Gasteiger partial charge is 0.456 e. The highest BCUT2D eigenvalue weighted by atomic mass is 79.9. The summed E-state index contributed by atoms with van der Waals surface area (Å²) in [5.41, 5.74) is 1.79. The van der Waals surface area contributed by atoms with Crippen LogP contribution in [-0.4, -0.2) is 18.5 Å². The van der Waals surface area contributed by atoms with Gasteiger partial charge in [-0.2, -0.15) is 0 Å². The minimum atomic E-state index is -0.309. The number of benzene rings is 1. The zero-order valence-corrected chi connectivity index (χ0v) is 14.9. The fourth-order valence-electron chi connectivity index (χ4n) is 3.95. The summed E-state index contributed by atoms with van der Waals surface area (Å²) in [6.07, 6.45) is 5.47. The molecule has 124 valence electrons. The Morgan fingerprint density at radius 3 is 2.78 bits per heavy atom. The molecule has 3 atom stereocenters. The van der Waals surface area contributed by atoms with Crippen molar-refractivity contribution in [3.05, 3.63) is 28.2 Å². The first kappa shape index (κ1) is 16.5. The molecule has 0 saturated heterocycles. The fourth-order valence-corrected chi connectivity index (χ4v) is 4.55. The second kappa shape index (κ2) is 7.04. The zero-order chi connectivity index (χ0) is 16.4. The lowest BCUT2D eigenvalue weighted by atomic mass is 9.86. The molecule has 0 aliphatic heterocycles. The van der Waals surface area contributed by atoms with Gasteiger partial charge in [-0.15, -0.1) is 0 Å². The summed E-state index contributed by atoms with van der Waals surface area (Å²) >= 11 is 3.41. The lowest BCUT2D eigenvalue weighted by molar-refractivity contribution is -0.148. The van der Waals surface area contributed by atoms with Crippen LogP contribution in [0.25, 0.3) is 0 Å². The van der Waals surface area contributed by atoms with E-state index in [1.807, 2.05) is 25.1 Å². The van der Waals surface area contributed by atoms with Gasteiger partial charge < -0.3 is 10.1 Å². The number of anilines is 1. The number of hydrogen-bond acceptors (Lipinski definition) is 3. The molecule has 2 aliphatic carbocycles. The van der Waals surface area contributed by atoms with Gasteiger partial charge in [-0.3, -0.25) is 9.59 Å². The first-order valence-electron chi connectivity index (χ1n) is 8.23. The number of amides is 1. The number of hydrogen-bond donors (Lipinski definition) is 1. The molecule has 1 aromatic rings. The van der Waals surface area contributed by atoms with Crippen LogP contribution in [0, 0.1) is 24.7 Å². The Balaban J connectivity index is 1.42. The normalized spacial score (nSPS) is 25.4. The molecule has 0 unspecified atom stereocenters. The van der Waals surface area contributed by atoms with E-state index in [2.05, 4.69) is 21.2 Å². The number of carbonyl (C=O) groups excluding carboxylic acids is 2. The monoisotopic (exact) mass is 379 g/mol. The number of ether oxygens (including phenoxy) is 1. The van der Waals surface area contributed by atoms with Crippen molar-refractivity contribution in [2.75, 3.05) is 11.9 Å². The van der Waals surface area contributed by atoms with E-state index in [0.717, 1.165) is 22.4 Å². The van der Waals surface area contributed by atoms with Crippen molar-refractivity contribution in [3.63, 3.8) is 0 Å². The number of halogens is 1. The van der Waals surface area contributed by atoms with E-state index in [0.29, 0.717) is 23.9 Å². The van der Waals surface area contributed by atoms with Crippen LogP contribution in [0.2, 0.25) is 0 Å². The quantitative estimate of drug-likeness (QED) is 0.784. The molecular formula is C18H22BrNO3. The minimum Gasteiger partial charge on any atom is -0.456 e. The van der Waals surface area contributed by atoms with Crippen LogP contribution in [0.4, 0.5) is 5.69 Å². The summed E-state index contributed by atoms with van der Waals surface area (Å²) in [5.74, 6) is 1.43. The Labute approximate surface area is 145 Å². The minimum absolute atomic E-state index is 0.222. The van der Waals surface area contributed by atoms with E-state index in [4.69, 9.17) is 4.74 Å². The molecular weight excluding hydrogens is 358 g/mol. The van der Waals surface area contributed by atoms with Gasteiger partial charge in [0.25, 0.3) is 5.91 Å². The van der Waals surface area contributed by atoms with E-state index < -0.39 is 0 Å². The third-order valence-electron chi connectivity index (χ3n) is 5.08. The SMILES string of the molecule is Cc1ccc(NC(=O)COC(=O)C[C@H]2C[C@@H]3CC[C@@H]2C3)c(Br)c1. The Bertz CT molecular complexity index is 616. The molecule has 0 spiro atoms. The third kappa shape index (κ3) is 4.14. The van der Waals surface area contributed by atoms with Crippen molar-refractivity contribution in [2.24, 2.45) is 17.8 Å². The Hall–Kier alpha value is -1.36. The van der Waals surface area contributed by atoms with Crippen LogP contribution in [-0.2, 0) is 14.3 Å². The van der Waals surface area contributed by atoms with Gasteiger partial charge in [-0.05, 0) is 77.6 Å². The number of rotatable bonds is 5. The van der Waals surface area contributed by atoms with Crippen LogP contribution in [0.5, 0.6) is 0 Å². The molecule has 1 amide bonds. The lowest BCUT2D eigenvalue weighted by Crippen LogP contribution is -2.23. The number of esters is 1. The first-order valence-corrected chi connectivity index (χ1v) is 9.02. The van der Waals surface area contributed by atoms with Crippen LogP contribution in [0.1, 0.15) is 37.7 Å². The van der Waals surface area contributed by atoms with Crippen molar-refractivity contribution in [2.45, 2.75) is 39.0 Å². The van der Waals surface area contributed by atoms with Gasteiger partial charge in [0.2, 0.25) is 0 Å². The van der Waals surface area contributed by atoms with Crippen molar-refractivity contribution in [1.29, 1.82) is 0 Å². The van der Waals surface area contributed by atoms with Gasteiger partial charge in [0.1, 0.15) is 0 Å². The number of aryl methyl sites for hydroxylation is 1. The van der Waals surface area contributed by atoms with Crippen LogP contribution in [0.3, 0.4) is 0 Å². The standard InChI is InChI=1S/C18H22BrNO3/c1-11-2-5-16(15(19)6-11)20-17(21)10-23-18(22)9-14-8-12-3-4-13(14)7-12/h2,5-6,12-14H,3-4,7-10H2,1H3,(H,20,21)/t12-,13-,14-/m1/s1. The highest BCUT2D eigenvalue weighted by molar-refractivity contribution is 9.10. The fraction of sp³-hybridized carbons (Fsp3) is 0.556. The molecule has 0 radical (unpaired) electrons. The van der Waals surface area contributed by atoms with Gasteiger partial charge in [0.05, 0.1) is 5.69 Å². The zero-order valence-electron chi connectivity index (χ0n) is 13.3. The van der Waals surface area contributed by atoms with Crippen molar-refractivity contribution < 1.29 is 14.3 Å². The maximum Gasteiger partial charge on any atom is 0.306 e. The van der Waals surface area contributed by atoms with E-state index in [-0.39, 0.29) is 18.5 Å². The van der Waals surface area contributed by atoms with E-state index in [9.17, 15) is 9.59 Å². The molecule has 2 bridgehead atoms. The molecule has 1 aromatic carbocycles. The third-order valence-corrected chi connectivity index (χ3v) is 5.73. The maximum atomic E-state index is 11.9. The average Bonchev–Trinajstić information content (AvgIpc) is 3.11. The van der Waals surface area contributed by atoms with Crippen molar-refractivity contribution >= 4 is 33.5 Å². The second-order valence-electron chi connectivity index (χ2n) is 6.83. The summed E-state index contributed by atoms with van der Waals surface area (Å²) in [7, 11) is 0. The number of carbonyl (C=O) groups is 2. The molecule has 1 N–H and O–H groups in total. The Morgan fingerprint density at radius 1 is 1.30 bits per heavy atom. The van der Waals surface area contributed by atoms with Crippen LogP contribution >= 0.6 is 15.9 Å². The Morgan fingerprint density at radius 2 is 2.13 bits per heavy atom. The van der Waals surface area contributed by atoms with Crippen LogP contribution < -0.4 is 5.32 Å². The lowest BCUT2D eigenvalue weighted by Gasteiger charge is -2.20. The summed E-state index contributed by atoms with van der Waals surface area (Å²) in [6.45, 7) is 1.76. The average molecular weight is 380 g/mol. The number of nitrogens with one attached hydrogen (secondary N) is 1. The molecule has 0 heterocycles. The number of fused-ring (bicyclic) bond motifs is 2. The van der Waals surface area contributed by atoms with E-state index in [1.165, 1.54) is 19.3 Å². The summed E-state index contributed by atoms with van der Waals surface area (Å²) in [5, 5.41) is 2.75. The smallest absolute Gasteiger partial charge is 0.306 e. The molecule has 2 fully saturated rings. The molecule has 2 saturated carbocycles. The molecule has 23 heavy (non-hydrogen) atoms. The van der Waals surface area contributed by atoms with Gasteiger partial charge in [-0.25, -0.2) is 0 Å². The molecule has 4 nitrogen and oxygen atoms in total. The predicted octanol–water partition coefficient (Wildman–Crippen LogP) is 4.07. The summed E-state index contributed by atoms with van der Waals surface area (Å²) in [4.78, 5) is 23.8. The molecule has 2 aliphatic rings. The second-order valence-corrected chi connectivity index (χ2v) is 7.69. The van der Waals surface area contributed by atoms with Gasteiger partial charge in [0, 0.05) is 10.9 Å². The van der Waals surface area contributed by atoms with E-state index in [1.54, 1.807) is 0 Å². The maximum absolute atomic E-state index is 11.9. The first-order chi connectivity index (χ1) is 11.0. The highest BCUT2D eigenvalue weighted by Crippen LogP contribution is 2.49. The molecule has 5 heteroatoms. The molecule has 3 rings (SSSR count). The van der Waals surface area contributed by atoms with Crippen molar-refractivity contribution in [1.82, 2.24) is 0 Å². The summed E-state index contributed by atoms with van der Waals surface area (Å²) in [6, 6.07) is 5.67. The van der Waals surface area contributed by atoms with Gasteiger partial charge >= 0.3 is 5.97 Å². The van der Waals surface area contributed by atoms with Crippen LogP contribution in [0.15, 0.2) is 22.7 Å².